The number of rotatable bonds is 4. The van der Waals surface area contributed by atoms with Crippen LogP contribution in [-0.2, 0) is 26.5 Å². The number of benzene rings is 1. The summed E-state index contributed by atoms with van der Waals surface area (Å²) in [4.78, 5) is 11.7. The molecular weight excluding hydrogens is 293 g/mol. The Kier molecular flexibility index (Phi) is 4.17. The van der Waals surface area contributed by atoms with Crippen LogP contribution in [0, 0.1) is 5.92 Å². The number of ether oxygens (including phenoxy) is 1. The van der Waals surface area contributed by atoms with Gasteiger partial charge in [0, 0.05) is 4.90 Å². The van der Waals surface area contributed by atoms with Crippen LogP contribution < -0.4 is 0 Å². The van der Waals surface area contributed by atoms with Crippen LogP contribution in [0.25, 0.3) is 0 Å². The van der Waals surface area contributed by atoms with Crippen molar-refractivity contribution in [2.75, 3.05) is 7.11 Å². The van der Waals surface area contributed by atoms with Crippen LogP contribution in [0.4, 0.5) is 13.2 Å². The molecule has 2 rings (SSSR count). The lowest BCUT2D eigenvalue weighted by atomic mass is 10.2. The van der Waals surface area contributed by atoms with Crippen LogP contribution in [0.3, 0.4) is 0 Å². The molecule has 0 spiro atoms. The molecule has 0 N–H and O–H groups in total. The summed E-state index contributed by atoms with van der Waals surface area (Å²) in [5.41, 5.74) is -0.872. The number of hydrogen-bond donors (Lipinski definition) is 0. The number of carbonyl (C=O) groups is 1. The summed E-state index contributed by atoms with van der Waals surface area (Å²) in [5.74, 6) is -0.707. The van der Waals surface area contributed by atoms with Gasteiger partial charge in [0.15, 0.2) is 0 Å². The van der Waals surface area contributed by atoms with Crippen molar-refractivity contribution in [1.82, 2.24) is 0 Å². The molecule has 0 aromatic heterocycles. The fourth-order valence-electron chi connectivity index (χ4n) is 1.91. The summed E-state index contributed by atoms with van der Waals surface area (Å²) < 4.78 is 54.9. The van der Waals surface area contributed by atoms with Crippen LogP contribution in [-0.4, -0.2) is 22.5 Å². The third-order valence-corrected chi connectivity index (χ3v) is 4.87. The zero-order chi connectivity index (χ0) is 14.9. The topological polar surface area (TPSA) is 43.4 Å². The first-order chi connectivity index (χ1) is 9.34. The Labute approximate surface area is 116 Å². The minimum atomic E-state index is -4.50. The Morgan fingerprint density at radius 2 is 2.05 bits per heavy atom. The predicted molar refractivity (Wildman–Crippen MR) is 66.4 cm³/mol. The minimum absolute atomic E-state index is 0.00197. The van der Waals surface area contributed by atoms with E-state index in [1.807, 2.05) is 0 Å². The van der Waals surface area contributed by atoms with E-state index >= 15 is 0 Å². The Morgan fingerprint density at radius 1 is 1.40 bits per heavy atom. The average molecular weight is 306 g/mol. The van der Waals surface area contributed by atoms with Gasteiger partial charge in [-0.05, 0) is 37.0 Å². The molecule has 1 fully saturated rings. The molecule has 0 aliphatic heterocycles. The molecule has 1 aliphatic rings. The van der Waals surface area contributed by atoms with Gasteiger partial charge in [-0.3, -0.25) is 9.00 Å². The Balaban J connectivity index is 2.30. The quantitative estimate of drug-likeness (QED) is 0.803. The van der Waals surface area contributed by atoms with Crippen molar-refractivity contribution >= 4 is 16.8 Å². The lowest BCUT2D eigenvalue weighted by Crippen LogP contribution is -2.29. The van der Waals surface area contributed by atoms with Crippen molar-refractivity contribution in [2.45, 2.75) is 29.2 Å². The standard InChI is InChI=1S/C13H13F3O3S/c1-19-12(17)11(8-5-6-8)20(18)10-4-2-3-9(7-10)13(14,15)16/h2-4,7-8,11H,5-6H2,1H3. The first-order valence-electron chi connectivity index (χ1n) is 6.00. The number of methoxy groups -OCH3 is 1. The predicted octanol–water partition coefficient (Wildman–Crippen LogP) is 2.76. The molecule has 7 heteroatoms. The van der Waals surface area contributed by atoms with Crippen LogP contribution in [0.2, 0.25) is 0 Å². The highest BCUT2D eigenvalue weighted by Crippen LogP contribution is 2.38. The van der Waals surface area contributed by atoms with Crippen molar-refractivity contribution in [2.24, 2.45) is 5.92 Å². The van der Waals surface area contributed by atoms with Crippen molar-refractivity contribution in [3.63, 3.8) is 0 Å². The van der Waals surface area contributed by atoms with E-state index in [9.17, 15) is 22.2 Å². The van der Waals surface area contributed by atoms with Gasteiger partial charge >= 0.3 is 12.1 Å². The normalized spacial score (nSPS) is 18.4. The number of esters is 1. The molecule has 0 heterocycles. The summed E-state index contributed by atoms with van der Waals surface area (Å²) in [6, 6.07) is 4.26. The highest BCUT2D eigenvalue weighted by molar-refractivity contribution is 7.86. The van der Waals surface area contributed by atoms with Crippen molar-refractivity contribution in [3.8, 4) is 0 Å². The van der Waals surface area contributed by atoms with Crippen molar-refractivity contribution < 1.29 is 26.9 Å². The highest BCUT2D eigenvalue weighted by Gasteiger charge is 2.42. The maximum Gasteiger partial charge on any atom is 0.416 e. The fraction of sp³-hybridized carbons (Fsp3) is 0.462. The minimum Gasteiger partial charge on any atom is -0.468 e. The molecule has 1 aromatic rings. The molecule has 110 valence electrons. The molecule has 2 unspecified atom stereocenters. The van der Waals surface area contributed by atoms with E-state index in [4.69, 9.17) is 0 Å². The molecule has 0 radical (unpaired) electrons. The Bertz CT molecular complexity index is 538. The molecular formula is C13H13F3O3S. The lowest BCUT2D eigenvalue weighted by Gasteiger charge is -2.14. The van der Waals surface area contributed by atoms with E-state index < -0.39 is 33.8 Å². The lowest BCUT2D eigenvalue weighted by molar-refractivity contribution is -0.140. The number of alkyl halides is 3. The Hall–Kier alpha value is -1.37. The van der Waals surface area contributed by atoms with Gasteiger partial charge in [-0.15, -0.1) is 0 Å². The molecule has 0 saturated heterocycles. The zero-order valence-electron chi connectivity index (χ0n) is 10.6. The van der Waals surface area contributed by atoms with E-state index in [0.29, 0.717) is 0 Å². The largest absolute Gasteiger partial charge is 0.468 e. The van der Waals surface area contributed by atoms with Gasteiger partial charge in [-0.1, -0.05) is 6.07 Å². The maximum atomic E-state index is 12.6. The molecule has 20 heavy (non-hydrogen) atoms. The van der Waals surface area contributed by atoms with Gasteiger partial charge in [-0.2, -0.15) is 13.2 Å². The van der Waals surface area contributed by atoms with Gasteiger partial charge in [0.1, 0.15) is 5.25 Å². The van der Waals surface area contributed by atoms with Crippen LogP contribution in [0.15, 0.2) is 29.2 Å². The van der Waals surface area contributed by atoms with Gasteiger partial charge in [0.25, 0.3) is 0 Å². The second-order valence-corrected chi connectivity index (χ2v) is 6.18. The summed E-state index contributed by atoms with van der Waals surface area (Å²) in [7, 11) is -0.657. The summed E-state index contributed by atoms with van der Waals surface area (Å²) >= 11 is 0. The third kappa shape index (κ3) is 3.20. The second-order valence-electron chi connectivity index (χ2n) is 4.60. The number of carbonyl (C=O) groups excluding carboxylic acids is 1. The third-order valence-electron chi connectivity index (χ3n) is 3.11. The van der Waals surface area contributed by atoms with Crippen LogP contribution in [0.5, 0.6) is 0 Å². The van der Waals surface area contributed by atoms with E-state index in [-0.39, 0.29) is 10.8 Å². The second kappa shape index (κ2) is 5.55. The van der Waals surface area contributed by atoms with E-state index in [0.717, 1.165) is 25.0 Å². The summed E-state index contributed by atoms with van der Waals surface area (Å²) in [5, 5.41) is -0.886. The van der Waals surface area contributed by atoms with Crippen molar-refractivity contribution in [1.29, 1.82) is 0 Å². The number of hydrogen-bond acceptors (Lipinski definition) is 3. The maximum absolute atomic E-state index is 12.6. The molecule has 1 saturated carbocycles. The molecule has 2 atom stereocenters. The van der Waals surface area contributed by atoms with Crippen LogP contribution >= 0.6 is 0 Å². The SMILES string of the molecule is COC(=O)C(C1CC1)S(=O)c1cccc(C(F)(F)F)c1. The van der Waals surface area contributed by atoms with E-state index in [1.54, 1.807) is 0 Å². The van der Waals surface area contributed by atoms with Gasteiger partial charge in [-0.25, -0.2) is 0 Å². The highest BCUT2D eigenvalue weighted by atomic mass is 32.2. The van der Waals surface area contributed by atoms with E-state index in [2.05, 4.69) is 4.74 Å². The fourth-order valence-corrected chi connectivity index (χ4v) is 3.56. The van der Waals surface area contributed by atoms with Gasteiger partial charge in [0.05, 0.1) is 23.5 Å². The van der Waals surface area contributed by atoms with Crippen LogP contribution in [0.1, 0.15) is 18.4 Å². The summed E-state index contributed by atoms with van der Waals surface area (Å²) in [6.45, 7) is 0. The molecule has 0 bridgehead atoms. The Morgan fingerprint density at radius 3 is 2.55 bits per heavy atom. The smallest absolute Gasteiger partial charge is 0.416 e. The van der Waals surface area contributed by atoms with E-state index in [1.165, 1.54) is 19.2 Å². The van der Waals surface area contributed by atoms with Gasteiger partial charge in [0.2, 0.25) is 0 Å². The monoisotopic (exact) mass is 306 g/mol. The first-order valence-corrected chi connectivity index (χ1v) is 7.21. The zero-order valence-corrected chi connectivity index (χ0v) is 11.5. The van der Waals surface area contributed by atoms with Crippen molar-refractivity contribution in [3.05, 3.63) is 29.8 Å². The van der Waals surface area contributed by atoms with Gasteiger partial charge < -0.3 is 4.74 Å². The summed E-state index contributed by atoms with van der Waals surface area (Å²) in [6.07, 6.45) is -3.02. The average Bonchev–Trinajstić information content (AvgIpc) is 3.22. The first kappa shape index (κ1) is 15.0. The molecule has 1 aromatic carbocycles. The molecule has 3 nitrogen and oxygen atoms in total. The molecule has 0 amide bonds. The molecule has 1 aliphatic carbocycles. The number of halogens is 3.